The first kappa shape index (κ1) is 13.2. The van der Waals surface area contributed by atoms with Crippen molar-refractivity contribution in [1.29, 1.82) is 0 Å². The van der Waals surface area contributed by atoms with Crippen molar-refractivity contribution in [3.63, 3.8) is 0 Å². The molecule has 1 rings (SSSR count). The first-order chi connectivity index (χ1) is 7.91. The van der Waals surface area contributed by atoms with Crippen LogP contribution in [0.5, 0.6) is 0 Å². The van der Waals surface area contributed by atoms with Gasteiger partial charge in [-0.2, -0.15) is 0 Å². The van der Waals surface area contributed by atoms with E-state index in [0.717, 1.165) is 11.1 Å². The molecule has 5 heteroatoms. The number of primary amides is 1. The average molecular weight is 236 g/mol. The van der Waals surface area contributed by atoms with Gasteiger partial charge in [0.15, 0.2) is 0 Å². The molecule has 1 atom stereocenters. The molecule has 4 N–H and O–H groups in total. The Kier molecular flexibility index (Phi) is 4.23. The molecule has 0 saturated carbocycles. The molecule has 0 radical (unpaired) electrons. The van der Waals surface area contributed by atoms with Gasteiger partial charge >= 0.3 is 0 Å². The summed E-state index contributed by atoms with van der Waals surface area (Å²) in [6, 6.07) is 5.50. The second-order valence-electron chi connectivity index (χ2n) is 3.95. The molecule has 0 aliphatic heterocycles. The zero-order chi connectivity index (χ0) is 13.0. The van der Waals surface area contributed by atoms with Crippen LogP contribution in [-0.4, -0.2) is 29.6 Å². The number of hydrogen-bond acceptors (Lipinski definition) is 3. The van der Waals surface area contributed by atoms with Crippen LogP contribution >= 0.6 is 0 Å². The molecule has 0 aromatic heterocycles. The van der Waals surface area contributed by atoms with Gasteiger partial charge in [-0.1, -0.05) is 17.7 Å². The van der Waals surface area contributed by atoms with Crippen LogP contribution in [0.15, 0.2) is 18.2 Å². The minimum Gasteiger partial charge on any atom is -0.381 e. The molecule has 17 heavy (non-hydrogen) atoms. The summed E-state index contributed by atoms with van der Waals surface area (Å²) in [7, 11) is 0. The van der Waals surface area contributed by atoms with Gasteiger partial charge in [0.25, 0.3) is 5.91 Å². The number of nitrogens with one attached hydrogen (secondary N) is 1. The van der Waals surface area contributed by atoms with Crippen molar-refractivity contribution in [3.8, 4) is 0 Å². The Hall–Kier alpha value is -1.88. The first-order valence-corrected chi connectivity index (χ1v) is 5.24. The molecule has 1 aromatic rings. The molecule has 1 aromatic carbocycles. The van der Waals surface area contributed by atoms with Crippen LogP contribution in [0.1, 0.15) is 21.5 Å². The SMILES string of the molecule is Cc1ccc(C)c(C(=O)NCC(O)C(N)=O)c1. The van der Waals surface area contributed by atoms with Gasteiger partial charge in [0.2, 0.25) is 5.91 Å². The summed E-state index contributed by atoms with van der Waals surface area (Å²) in [6.45, 7) is 3.52. The molecule has 0 fully saturated rings. The number of carbonyl (C=O) groups is 2. The monoisotopic (exact) mass is 236 g/mol. The fraction of sp³-hybridized carbons (Fsp3) is 0.333. The van der Waals surface area contributed by atoms with E-state index in [4.69, 9.17) is 10.8 Å². The van der Waals surface area contributed by atoms with E-state index in [1.807, 2.05) is 26.0 Å². The second-order valence-corrected chi connectivity index (χ2v) is 3.95. The Bertz CT molecular complexity index is 443. The highest BCUT2D eigenvalue weighted by Gasteiger charge is 2.14. The number of hydrogen-bond donors (Lipinski definition) is 3. The van der Waals surface area contributed by atoms with E-state index in [-0.39, 0.29) is 12.5 Å². The lowest BCUT2D eigenvalue weighted by atomic mass is 10.1. The Morgan fingerprint density at radius 1 is 1.41 bits per heavy atom. The van der Waals surface area contributed by atoms with Crippen molar-refractivity contribution in [2.75, 3.05) is 6.54 Å². The zero-order valence-corrected chi connectivity index (χ0v) is 9.86. The van der Waals surface area contributed by atoms with Crippen LogP contribution in [0, 0.1) is 13.8 Å². The number of carbonyl (C=O) groups excluding carboxylic acids is 2. The molecule has 0 spiro atoms. The highest BCUT2D eigenvalue weighted by molar-refractivity contribution is 5.96. The quantitative estimate of drug-likeness (QED) is 0.680. The normalized spacial score (nSPS) is 11.9. The fourth-order valence-corrected chi connectivity index (χ4v) is 1.37. The van der Waals surface area contributed by atoms with Crippen molar-refractivity contribution in [3.05, 3.63) is 34.9 Å². The summed E-state index contributed by atoms with van der Waals surface area (Å²) in [5.41, 5.74) is 7.21. The Labute approximate surface area is 99.6 Å². The van der Waals surface area contributed by atoms with Crippen LogP contribution in [0.4, 0.5) is 0 Å². The molecule has 0 bridgehead atoms. The summed E-state index contributed by atoms with van der Waals surface area (Å²) in [5, 5.41) is 11.6. The number of amides is 2. The van der Waals surface area contributed by atoms with Crippen LogP contribution in [0.3, 0.4) is 0 Å². The maximum absolute atomic E-state index is 11.8. The van der Waals surface area contributed by atoms with Crippen LogP contribution in [0.2, 0.25) is 0 Å². The standard InChI is InChI=1S/C12H16N2O3/c1-7-3-4-8(2)9(5-7)12(17)14-6-10(15)11(13)16/h3-5,10,15H,6H2,1-2H3,(H2,13,16)(H,14,17). The third-order valence-electron chi connectivity index (χ3n) is 2.42. The number of aryl methyl sites for hydroxylation is 2. The molecule has 0 saturated heterocycles. The number of aliphatic hydroxyl groups is 1. The predicted molar refractivity (Wildman–Crippen MR) is 63.5 cm³/mol. The maximum Gasteiger partial charge on any atom is 0.251 e. The van der Waals surface area contributed by atoms with Gasteiger partial charge in [0.1, 0.15) is 6.10 Å². The molecule has 0 aliphatic rings. The van der Waals surface area contributed by atoms with Crippen molar-refractivity contribution >= 4 is 11.8 Å². The Balaban J connectivity index is 2.70. The van der Waals surface area contributed by atoms with Gasteiger partial charge in [0, 0.05) is 5.56 Å². The van der Waals surface area contributed by atoms with Gasteiger partial charge in [-0.3, -0.25) is 9.59 Å². The van der Waals surface area contributed by atoms with Crippen LogP contribution < -0.4 is 11.1 Å². The van der Waals surface area contributed by atoms with E-state index < -0.39 is 12.0 Å². The average Bonchev–Trinajstić information content (AvgIpc) is 2.28. The van der Waals surface area contributed by atoms with E-state index >= 15 is 0 Å². The van der Waals surface area contributed by atoms with Crippen LogP contribution in [-0.2, 0) is 4.79 Å². The van der Waals surface area contributed by atoms with Gasteiger partial charge in [0.05, 0.1) is 6.54 Å². The van der Waals surface area contributed by atoms with Gasteiger partial charge in [-0.25, -0.2) is 0 Å². The smallest absolute Gasteiger partial charge is 0.251 e. The molecular weight excluding hydrogens is 220 g/mol. The van der Waals surface area contributed by atoms with E-state index in [2.05, 4.69) is 5.32 Å². The number of benzene rings is 1. The van der Waals surface area contributed by atoms with E-state index in [1.165, 1.54) is 0 Å². The predicted octanol–water partition coefficient (Wildman–Crippen LogP) is -0.121. The lowest BCUT2D eigenvalue weighted by Gasteiger charge is -2.10. The molecule has 2 amide bonds. The molecule has 92 valence electrons. The summed E-state index contributed by atoms with van der Waals surface area (Å²) < 4.78 is 0. The topological polar surface area (TPSA) is 92.4 Å². The van der Waals surface area contributed by atoms with Crippen molar-refractivity contribution in [2.45, 2.75) is 20.0 Å². The van der Waals surface area contributed by atoms with E-state index in [1.54, 1.807) is 6.07 Å². The Morgan fingerprint density at radius 3 is 2.65 bits per heavy atom. The zero-order valence-electron chi connectivity index (χ0n) is 9.86. The van der Waals surface area contributed by atoms with Gasteiger partial charge in [-0.05, 0) is 25.5 Å². The minimum absolute atomic E-state index is 0.179. The number of aliphatic hydroxyl groups excluding tert-OH is 1. The van der Waals surface area contributed by atoms with Crippen LogP contribution in [0.25, 0.3) is 0 Å². The summed E-state index contributed by atoms with van der Waals surface area (Å²) >= 11 is 0. The Morgan fingerprint density at radius 2 is 2.06 bits per heavy atom. The lowest BCUT2D eigenvalue weighted by Crippen LogP contribution is -2.40. The summed E-state index contributed by atoms with van der Waals surface area (Å²) in [4.78, 5) is 22.4. The number of nitrogens with two attached hydrogens (primary N) is 1. The lowest BCUT2D eigenvalue weighted by molar-refractivity contribution is -0.125. The van der Waals surface area contributed by atoms with Crippen molar-refractivity contribution in [1.82, 2.24) is 5.32 Å². The van der Waals surface area contributed by atoms with E-state index in [9.17, 15) is 9.59 Å². The van der Waals surface area contributed by atoms with E-state index in [0.29, 0.717) is 5.56 Å². The number of rotatable bonds is 4. The van der Waals surface area contributed by atoms with Gasteiger partial charge < -0.3 is 16.2 Å². The van der Waals surface area contributed by atoms with Crippen molar-refractivity contribution < 1.29 is 14.7 Å². The third-order valence-corrected chi connectivity index (χ3v) is 2.42. The molecule has 0 heterocycles. The summed E-state index contributed by atoms with van der Waals surface area (Å²) in [6.07, 6.45) is -1.36. The minimum atomic E-state index is -1.36. The molecule has 5 nitrogen and oxygen atoms in total. The maximum atomic E-state index is 11.8. The first-order valence-electron chi connectivity index (χ1n) is 5.24. The fourth-order valence-electron chi connectivity index (χ4n) is 1.37. The second kappa shape index (κ2) is 5.45. The summed E-state index contributed by atoms with van der Waals surface area (Å²) in [5.74, 6) is -1.18. The largest absolute Gasteiger partial charge is 0.381 e. The molecular formula is C12H16N2O3. The highest BCUT2D eigenvalue weighted by atomic mass is 16.3. The van der Waals surface area contributed by atoms with Gasteiger partial charge in [-0.15, -0.1) is 0 Å². The highest BCUT2D eigenvalue weighted by Crippen LogP contribution is 2.10. The third kappa shape index (κ3) is 3.57. The molecule has 0 aliphatic carbocycles. The molecule has 1 unspecified atom stereocenters. The van der Waals surface area contributed by atoms with Crippen molar-refractivity contribution in [2.24, 2.45) is 5.73 Å².